The van der Waals surface area contributed by atoms with Gasteiger partial charge in [-0.15, -0.1) is 0 Å². The summed E-state index contributed by atoms with van der Waals surface area (Å²) in [6, 6.07) is 1.72. The van der Waals surface area contributed by atoms with Crippen molar-refractivity contribution in [3.63, 3.8) is 0 Å². The van der Waals surface area contributed by atoms with Gasteiger partial charge in [0.2, 0.25) is 11.9 Å². The molecular weight excluding hydrogens is 452 g/mol. The smallest absolute Gasteiger partial charge is 1.00 e. The molecule has 14 nitrogen and oxygen atoms in total. The monoisotopic (exact) mass is 475 g/mol. The van der Waals surface area contributed by atoms with Crippen molar-refractivity contribution in [1.82, 2.24) is 19.9 Å². The Morgan fingerprint density at radius 3 is 1.53 bits per heavy atom. The Bertz CT molecular complexity index is 627. The van der Waals surface area contributed by atoms with Crippen LogP contribution >= 0.6 is 0 Å². The van der Waals surface area contributed by atoms with Gasteiger partial charge in [-0.2, -0.15) is 0 Å². The molecule has 0 atom stereocenters. The van der Waals surface area contributed by atoms with Gasteiger partial charge < -0.3 is 44.1 Å². The Hall–Kier alpha value is -0.927. The molecule has 156 valence electrons. The molecule has 2 heterocycles. The zero-order chi connectivity index (χ0) is 22.2. The number of hydrogen-bond donors (Lipinski definition) is 5. The van der Waals surface area contributed by atoms with Gasteiger partial charge in [-0.05, 0) is 18.6 Å². The number of nitrogens with one attached hydrogen (secondary N) is 1. The first-order valence-electron chi connectivity index (χ1n) is 7.00. The summed E-state index contributed by atoms with van der Waals surface area (Å²) >= 11 is 0. The quantitative estimate of drug-likeness (QED) is 0.0525. The summed E-state index contributed by atoms with van der Waals surface area (Å²) in [5.41, 5.74) is 20.3. The van der Waals surface area contributed by atoms with Gasteiger partial charge in [0.15, 0.2) is 5.96 Å². The van der Waals surface area contributed by atoms with E-state index in [9.17, 15) is 9.59 Å². The minimum atomic E-state index is -0.333. The van der Waals surface area contributed by atoms with Crippen LogP contribution in [0.2, 0.25) is 0 Å². The average Bonchev–Trinajstić information content (AvgIpc) is 2.66. The fourth-order valence-electron chi connectivity index (χ4n) is 0.752. The van der Waals surface area contributed by atoms with Crippen LogP contribution in [0.3, 0.4) is 0 Å². The average molecular weight is 476 g/mol. The van der Waals surface area contributed by atoms with Gasteiger partial charge in [0.1, 0.15) is 12.6 Å². The number of nitrogens with zero attached hydrogens (tertiary/aromatic N) is 4. The van der Waals surface area contributed by atoms with E-state index in [-0.39, 0.29) is 123 Å². The van der Waals surface area contributed by atoms with Crippen molar-refractivity contribution in [2.45, 2.75) is 13.3 Å². The third-order valence-corrected chi connectivity index (χ3v) is 1.62. The topological polar surface area (TPSA) is 263 Å². The molecule has 0 aliphatic carbocycles. The van der Waals surface area contributed by atoms with Gasteiger partial charge in [-0.25, -0.2) is 19.9 Å². The van der Waals surface area contributed by atoms with Crippen LogP contribution in [0.1, 0.15) is 13.4 Å². The molecule has 2 aromatic rings. The minimum absolute atomic E-state index is 0. The van der Waals surface area contributed by atoms with E-state index in [1.807, 2.05) is 6.92 Å². The van der Waals surface area contributed by atoms with Gasteiger partial charge in [-0.1, -0.05) is 0 Å². The zero-order valence-electron chi connectivity index (χ0n) is 18.0. The van der Waals surface area contributed by atoms with E-state index in [1.54, 1.807) is 30.9 Å². The molecule has 2 rings (SSSR count). The largest absolute Gasteiger partial charge is 1.00 e. The Morgan fingerprint density at radius 1 is 1.03 bits per heavy atom. The summed E-state index contributed by atoms with van der Waals surface area (Å²) < 4.78 is 0. The molecule has 2 aromatic heterocycles. The fraction of sp³-hybridized carbons (Fsp3) is 0.143. The molecule has 0 bridgehead atoms. The van der Waals surface area contributed by atoms with E-state index in [2.05, 4.69) is 36.3 Å². The predicted molar refractivity (Wildman–Crippen MR) is 98.7 cm³/mol. The van der Waals surface area contributed by atoms with Gasteiger partial charge in [-0.3, -0.25) is 10.2 Å². The maximum absolute atomic E-state index is 9.17. The second kappa shape index (κ2) is 32.7. The second-order valence-corrected chi connectivity index (χ2v) is 3.94. The van der Waals surface area contributed by atoms with Crippen molar-refractivity contribution in [3.8, 4) is 0 Å². The number of carbonyl (C=O) groups is 3. The van der Waals surface area contributed by atoms with Crippen LogP contribution in [-0.4, -0.2) is 44.9 Å². The molecule has 0 fully saturated rings. The summed E-state index contributed by atoms with van der Waals surface area (Å²) in [7, 11) is 0. The maximum atomic E-state index is 9.17. The SMILES string of the molecule is Cc1cnc(N)nc1.N=C(N)N.Nc1ncccn1.O=CCC=O.O=CO[O-].[H-].[K+].[K+]. The van der Waals surface area contributed by atoms with E-state index < -0.39 is 0 Å². The zero-order valence-corrected chi connectivity index (χ0v) is 23.2. The fourth-order valence-corrected chi connectivity index (χ4v) is 0.752. The Morgan fingerprint density at radius 2 is 1.37 bits per heavy atom. The van der Waals surface area contributed by atoms with Gasteiger partial charge >= 0.3 is 103 Å². The van der Waals surface area contributed by atoms with E-state index in [1.165, 1.54) is 0 Å². The number of aldehydes is 2. The molecule has 0 aliphatic rings. The van der Waals surface area contributed by atoms with Crippen molar-refractivity contribution < 1.29 is 129 Å². The summed E-state index contributed by atoms with van der Waals surface area (Å²) in [6.45, 7) is 1.74. The molecule has 0 aliphatic heterocycles. The predicted octanol–water partition coefficient (Wildman–Crippen LogP) is -8.41. The second-order valence-electron chi connectivity index (χ2n) is 3.94. The molecule has 0 radical (unpaired) electrons. The number of nitrogen functional groups attached to an aromatic ring is 2. The molecule has 0 spiro atoms. The Balaban J connectivity index is -0.0000000635. The summed E-state index contributed by atoms with van der Waals surface area (Å²) in [5.74, 6) is 0.318. The third kappa shape index (κ3) is 45.7. The number of anilines is 2. The van der Waals surface area contributed by atoms with Crippen LogP contribution in [0, 0.1) is 12.3 Å². The third-order valence-electron chi connectivity index (χ3n) is 1.62. The number of hydrogen-bond acceptors (Lipinski definition) is 12. The van der Waals surface area contributed by atoms with Crippen molar-refractivity contribution in [3.05, 3.63) is 36.4 Å². The minimum Gasteiger partial charge on any atom is -1.00 e. The molecule has 16 heteroatoms. The first kappa shape index (κ1) is 39.5. The normalized spacial score (nSPS) is 7.00. The van der Waals surface area contributed by atoms with Gasteiger partial charge in [0, 0.05) is 24.8 Å². The van der Waals surface area contributed by atoms with Gasteiger partial charge in [0.25, 0.3) is 6.47 Å². The molecule has 0 amide bonds. The number of aryl methyl sites for hydroxylation is 1. The van der Waals surface area contributed by atoms with Crippen LogP contribution in [0.15, 0.2) is 30.9 Å². The van der Waals surface area contributed by atoms with Crippen molar-refractivity contribution in [2.24, 2.45) is 11.5 Å². The number of aromatic nitrogens is 4. The number of carbonyl (C=O) groups excluding carboxylic acids is 3. The summed E-state index contributed by atoms with van der Waals surface area (Å²) in [6.07, 6.45) is 7.72. The number of guanidine groups is 1. The van der Waals surface area contributed by atoms with Gasteiger partial charge in [0.05, 0.1) is 6.42 Å². The number of nitrogens with two attached hydrogens (primary N) is 4. The molecule has 0 saturated heterocycles. The van der Waals surface area contributed by atoms with Crippen LogP contribution in [-0.2, 0) is 19.3 Å². The molecule has 30 heavy (non-hydrogen) atoms. The standard InChI is InChI=1S/C5H7N3.C4H5N3.C3H4O2.CH5N3.CH2O3.2K.H/c1-4-2-7-5(6)8-3-4;5-4-6-2-1-3-7-4;4-2-1-3-5;2-1(3)4;2-1-4-3;;;/h2-3H,1H3,(H2,6,7,8);1-3H,(H2,5,6,7);2-3H,1H2;(H5,2,3,4);1,3H;;;/q;;;;;2*+1;-1/p-1. The van der Waals surface area contributed by atoms with E-state index in [0.29, 0.717) is 24.5 Å². The van der Waals surface area contributed by atoms with Crippen molar-refractivity contribution in [1.29, 1.82) is 5.41 Å². The number of rotatable bonds is 3. The van der Waals surface area contributed by atoms with E-state index in [4.69, 9.17) is 26.9 Å². The molecular formula is C14H23K2N9O5. The van der Waals surface area contributed by atoms with Crippen LogP contribution in [0.5, 0.6) is 0 Å². The Kier molecular flexibility index (Phi) is 43.1. The Labute approximate surface area is 259 Å². The van der Waals surface area contributed by atoms with Crippen LogP contribution in [0.4, 0.5) is 11.9 Å². The molecule has 0 saturated carbocycles. The van der Waals surface area contributed by atoms with Crippen LogP contribution in [0.25, 0.3) is 0 Å². The van der Waals surface area contributed by atoms with Crippen LogP contribution < -0.4 is 131 Å². The molecule has 9 N–H and O–H groups in total. The van der Waals surface area contributed by atoms with E-state index >= 15 is 0 Å². The van der Waals surface area contributed by atoms with Crippen molar-refractivity contribution in [2.75, 3.05) is 11.5 Å². The molecule has 0 unspecified atom stereocenters. The molecule has 0 aromatic carbocycles. The first-order chi connectivity index (χ1) is 13.2. The first-order valence-corrected chi connectivity index (χ1v) is 7.00. The summed E-state index contributed by atoms with van der Waals surface area (Å²) in [5, 5.41) is 14.5. The summed E-state index contributed by atoms with van der Waals surface area (Å²) in [4.78, 5) is 44.4. The van der Waals surface area contributed by atoms with Crippen molar-refractivity contribution >= 4 is 36.9 Å². The maximum Gasteiger partial charge on any atom is 1.00 e. The van der Waals surface area contributed by atoms with E-state index in [0.717, 1.165) is 5.56 Å².